The molecule has 2 aromatic rings. The molecule has 2 aliphatic heterocycles. The van der Waals surface area contributed by atoms with Crippen LogP contribution in [0, 0.1) is 5.92 Å². The summed E-state index contributed by atoms with van der Waals surface area (Å²) in [7, 11) is 0. The van der Waals surface area contributed by atoms with Crippen LogP contribution < -0.4 is 10.2 Å². The zero-order valence-corrected chi connectivity index (χ0v) is 15.6. The van der Waals surface area contributed by atoms with Crippen LogP contribution in [-0.2, 0) is 9.59 Å². The number of furan rings is 1. The first-order valence-electron chi connectivity index (χ1n) is 9.66. The number of likely N-dealkylation sites (tertiary alicyclic amines) is 1. The predicted octanol–water partition coefficient (Wildman–Crippen LogP) is 2.90. The molecule has 4 rings (SSSR count). The van der Waals surface area contributed by atoms with E-state index in [9.17, 15) is 14.4 Å². The highest BCUT2D eigenvalue weighted by molar-refractivity contribution is 6.02. The number of nitrogens with one attached hydrogen (secondary N) is 1. The van der Waals surface area contributed by atoms with Crippen molar-refractivity contribution in [1.29, 1.82) is 0 Å². The summed E-state index contributed by atoms with van der Waals surface area (Å²) in [6, 6.07) is 10.8. The Bertz CT molecular complexity index is 870. The van der Waals surface area contributed by atoms with E-state index in [1.165, 1.54) is 6.26 Å². The van der Waals surface area contributed by atoms with Gasteiger partial charge in [0.05, 0.1) is 17.6 Å². The highest BCUT2D eigenvalue weighted by atomic mass is 16.3. The van der Waals surface area contributed by atoms with Crippen LogP contribution >= 0.6 is 0 Å². The molecule has 146 valence electrons. The molecule has 7 nitrogen and oxygen atoms in total. The molecule has 2 fully saturated rings. The van der Waals surface area contributed by atoms with Crippen molar-refractivity contribution in [2.75, 3.05) is 29.9 Å². The molecule has 1 N–H and O–H groups in total. The van der Waals surface area contributed by atoms with E-state index < -0.39 is 0 Å². The molecular formula is C21H23N3O4. The molecule has 0 saturated carbocycles. The van der Waals surface area contributed by atoms with Crippen LogP contribution in [0.3, 0.4) is 0 Å². The van der Waals surface area contributed by atoms with Crippen LogP contribution in [-0.4, -0.2) is 42.3 Å². The number of amides is 3. The van der Waals surface area contributed by atoms with Gasteiger partial charge in [0.15, 0.2) is 5.76 Å². The minimum absolute atomic E-state index is 0.0656. The fourth-order valence-electron chi connectivity index (χ4n) is 3.85. The van der Waals surface area contributed by atoms with E-state index in [1.807, 2.05) is 24.3 Å². The molecule has 28 heavy (non-hydrogen) atoms. The van der Waals surface area contributed by atoms with Crippen molar-refractivity contribution in [3.63, 3.8) is 0 Å². The van der Waals surface area contributed by atoms with Gasteiger partial charge in [0.2, 0.25) is 11.8 Å². The number of hydrogen-bond donors (Lipinski definition) is 1. The standard InChI is InChI=1S/C21H23N3O4/c25-19-8-3-11-24(19)17-6-2-1-5-16(17)22-20(26)15-9-12-23(13-10-15)21(27)18-7-4-14-28-18/h1-2,4-7,14-15H,3,8-13H2,(H,22,26). The normalized spacial score (nSPS) is 17.8. The third kappa shape index (κ3) is 3.65. The van der Waals surface area contributed by atoms with E-state index in [4.69, 9.17) is 4.42 Å². The maximum atomic E-state index is 12.8. The topological polar surface area (TPSA) is 82.9 Å². The summed E-state index contributed by atoms with van der Waals surface area (Å²) in [5.41, 5.74) is 1.42. The van der Waals surface area contributed by atoms with Gasteiger partial charge in [-0.15, -0.1) is 0 Å². The van der Waals surface area contributed by atoms with Gasteiger partial charge in [0.1, 0.15) is 0 Å². The highest BCUT2D eigenvalue weighted by Gasteiger charge is 2.30. The largest absolute Gasteiger partial charge is 0.459 e. The van der Waals surface area contributed by atoms with Crippen LogP contribution in [0.4, 0.5) is 11.4 Å². The molecule has 1 aromatic heterocycles. The third-order valence-electron chi connectivity index (χ3n) is 5.41. The van der Waals surface area contributed by atoms with Crippen molar-refractivity contribution >= 4 is 29.1 Å². The summed E-state index contributed by atoms with van der Waals surface area (Å²) in [6.45, 7) is 1.72. The Morgan fingerprint density at radius 3 is 2.50 bits per heavy atom. The molecule has 0 radical (unpaired) electrons. The van der Waals surface area contributed by atoms with Crippen LogP contribution in [0.2, 0.25) is 0 Å². The number of hydrogen-bond acceptors (Lipinski definition) is 4. The van der Waals surface area contributed by atoms with Gasteiger partial charge in [-0.2, -0.15) is 0 Å². The number of rotatable bonds is 4. The molecule has 2 aliphatic rings. The predicted molar refractivity (Wildman–Crippen MR) is 104 cm³/mol. The zero-order valence-electron chi connectivity index (χ0n) is 15.6. The summed E-state index contributed by atoms with van der Waals surface area (Å²) in [5, 5.41) is 2.99. The van der Waals surface area contributed by atoms with E-state index >= 15 is 0 Å². The minimum atomic E-state index is -0.164. The third-order valence-corrected chi connectivity index (χ3v) is 5.41. The lowest BCUT2D eigenvalue weighted by Crippen LogP contribution is -2.41. The second-order valence-corrected chi connectivity index (χ2v) is 7.20. The Labute approximate surface area is 163 Å². The summed E-state index contributed by atoms with van der Waals surface area (Å²) in [5.74, 6) is 0.0486. The number of benzene rings is 1. The minimum Gasteiger partial charge on any atom is -0.459 e. The van der Waals surface area contributed by atoms with Crippen LogP contribution in [0.25, 0.3) is 0 Å². The summed E-state index contributed by atoms with van der Waals surface area (Å²) < 4.78 is 5.17. The molecule has 3 amide bonds. The second kappa shape index (κ2) is 7.88. The smallest absolute Gasteiger partial charge is 0.289 e. The van der Waals surface area contributed by atoms with E-state index in [-0.39, 0.29) is 23.6 Å². The fourth-order valence-corrected chi connectivity index (χ4v) is 3.85. The van der Waals surface area contributed by atoms with Gasteiger partial charge < -0.3 is 19.5 Å². The molecule has 0 bridgehead atoms. The summed E-state index contributed by atoms with van der Waals surface area (Å²) in [4.78, 5) is 40.7. The van der Waals surface area contributed by atoms with Gasteiger partial charge in [-0.05, 0) is 43.5 Å². The molecule has 3 heterocycles. The Morgan fingerprint density at radius 2 is 1.82 bits per heavy atom. The van der Waals surface area contributed by atoms with Crippen molar-refractivity contribution in [3.8, 4) is 0 Å². The van der Waals surface area contributed by atoms with E-state index in [2.05, 4.69) is 5.32 Å². The van der Waals surface area contributed by atoms with Crippen molar-refractivity contribution < 1.29 is 18.8 Å². The fraction of sp³-hybridized carbons (Fsp3) is 0.381. The number of anilines is 2. The van der Waals surface area contributed by atoms with Gasteiger partial charge in [0.25, 0.3) is 5.91 Å². The number of para-hydroxylation sites is 2. The van der Waals surface area contributed by atoms with Crippen molar-refractivity contribution in [2.24, 2.45) is 5.92 Å². The van der Waals surface area contributed by atoms with Crippen molar-refractivity contribution in [2.45, 2.75) is 25.7 Å². The van der Waals surface area contributed by atoms with E-state index in [0.29, 0.717) is 50.3 Å². The van der Waals surface area contributed by atoms with E-state index in [1.54, 1.807) is 21.9 Å². The van der Waals surface area contributed by atoms with Crippen LogP contribution in [0.15, 0.2) is 47.1 Å². The Balaban J connectivity index is 1.38. The van der Waals surface area contributed by atoms with Crippen molar-refractivity contribution in [3.05, 3.63) is 48.4 Å². The van der Waals surface area contributed by atoms with Gasteiger partial charge in [0, 0.05) is 32.0 Å². The highest BCUT2D eigenvalue weighted by Crippen LogP contribution is 2.30. The van der Waals surface area contributed by atoms with Crippen LogP contribution in [0.5, 0.6) is 0 Å². The number of nitrogens with zero attached hydrogens (tertiary/aromatic N) is 2. The molecule has 0 atom stereocenters. The van der Waals surface area contributed by atoms with Gasteiger partial charge >= 0.3 is 0 Å². The first-order chi connectivity index (χ1) is 13.6. The molecule has 0 aliphatic carbocycles. The molecule has 0 spiro atoms. The maximum Gasteiger partial charge on any atom is 0.289 e. The number of carbonyl (C=O) groups is 3. The zero-order chi connectivity index (χ0) is 19.5. The van der Waals surface area contributed by atoms with Gasteiger partial charge in [-0.1, -0.05) is 12.1 Å². The first kappa shape index (κ1) is 18.3. The first-order valence-corrected chi connectivity index (χ1v) is 9.66. The lowest BCUT2D eigenvalue weighted by Gasteiger charge is -2.31. The molecule has 2 saturated heterocycles. The average molecular weight is 381 g/mol. The maximum absolute atomic E-state index is 12.8. The lowest BCUT2D eigenvalue weighted by atomic mass is 9.95. The monoisotopic (exact) mass is 381 g/mol. The SMILES string of the molecule is O=C(Nc1ccccc1N1CCCC1=O)C1CCN(C(=O)c2ccco2)CC1. The second-order valence-electron chi connectivity index (χ2n) is 7.20. The summed E-state index contributed by atoms with van der Waals surface area (Å²) in [6.07, 6.45) is 4.07. The Kier molecular flexibility index (Phi) is 5.14. The van der Waals surface area contributed by atoms with Gasteiger partial charge in [-0.25, -0.2) is 0 Å². The molecule has 7 heteroatoms. The number of piperidine rings is 1. The quantitative estimate of drug-likeness (QED) is 0.883. The van der Waals surface area contributed by atoms with Crippen LogP contribution in [0.1, 0.15) is 36.2 Å². The van der Waals surface area contributed by atoms with Crippen molar-refractivity contribution in [1.82, 2.24) is 4.90 Å². The molecular weight excluding hydrogens is 358 g/mol. The Hall–Kier alpha value is -3.09. The Morgan fingerprint density at radius 1 is 1.04 bits per heavy atom. The average Bonchev–Trinajstić information content (AvgIpc) is 3.40. The van der Waals surface area contributed by atoms with Gasteiger partial charge in [-0.3, -0.25) is 14.4 Å². The van der Waals surface area contributed by atoms with E-state index in [0.717, 1.165) is 12.1 Å². The molecule has 0 unspecified atom stereocenters. The lowest BCUT2D eigenvalue weighted by molar-refractivity contribution is -0.121. The number of carbonyl (C=O) groups excluding carboxylic acids is 3. The summed E-state index contributed by atoms with van der Waals surface area (Å²) >= 11 is 0. The molecule has 1 aromatic carbocycles.